The number of hydrogen-bond acceptors (Lipinski definition) is 6. The molecule has 0 aliphatic carbocycles. The van der Waals surface area contributed by atoms with Gasteiger partial charge in [0.25, 0.3) is 11.8 Å². The number of sulfonamides is 1. The second kappa shape index (κ2) is 13.5. The molecule has 1 aromatic heterocycles. The first-order chi connectivity index (χ1) is 21.3. The van der Waals surface area contributed by atoms with Crippen molar-refractivity contribution in [1.82, 2.24) is 19.0 Å². The largest absolute Gasteiger partial charge is 0.274 e. The highest BCUT2D eigenvalue weighted by atomic mass is 32.2. The van der Waals surface area contributed by atoms with Gasteiger partial charge < -0.3 is 0 Å². The van der Waals surface area contributed by atoms with Crippen molar-refractivity contribution in [3.8, 4) is 23.0 Å². The molecule has 3 heterocycles. The van der Waals surface area contributed by atoms with Gasteiger partial charge in [0.15, 0.2) is 0 Å². The van der Waals surface area contributed by atoms with Crippen LogP contribution < -0.4 is 0 Å². The zero-order chi connectivity index (χ0) is 31.3. The van der Waals surface area contributed by atoms with Crippen LogP contribution in [0.3, 0.4) is 0 Å². The third-order valence-corrected chi connectivity index (χ3v) is 10.1. The normalized spacial score (nSPS) is 17.4. The molecule has 3 aromatic rings. The average Bonchev–Trinajstić information content (AvgIpc) is 3.48. The predicted molar refractivity (Wildman–Crippen MR) is 169 cm³/mol. The van der Waals surface area contributed by atoms with Gasteiger partial charge in [0, 0.05) is 42.5 Å². The molecule has 0 spiro atoms. The van der Waals surface area contributed by atoms with Crippen molar-refractivity contribution < 1.29 is 18.0 Å². The van der Waals surface area contributed by atoms with Crippen molar-refractivity contribution in [3.63, 3.8) is 0 Å². The summed E-state index contributed by atoms with van der Waals surface area (Å²) in [7, 11) is -3.60. The number of para-hydroxylation sites is 1. The summed E-state index contributed by atoms with van der Waals surface area (Å²) >= 11 is 0. The molecule has 44 heavy (non-hydrogen) atoms. The average molecular weight is 612 g/mol. The Bertz CT molecular complexity index is 1740. The van der Waals surface area contributed by atoms with E-state index in [4.69, 9.17) is 5.10 Å². The Morgan fingerprint density at radius 1 is 0.932 bits per heavy atom. The summed E-state index contributed by atoms with van der Waals surface area (Å²) in [6.45, 7) is 5.00. The maximum absolute atomic E-state index is 13.7. The minimum Gasteiger partial charge on any atom is -0.274 e. The minimum absolute atomic E-state index is 0.0457. The minimum atomic E-state index is -3.60. The van der Waals surface area contributed by atoms with E-state index >= 15 is 0 Å². The molecule has 1 saturated heterocycles. The van der Waals surface area contributed by atoms with Gasteiger partial charge in [0.1, 0.15) is 11.6 Å². The molecule has 0 unspecified atom stereocenters. The van der Waals surface area contributed by atoms with Crippen molar-refractivity contribution >= 4 is 27.9 Å². The number of imide groups is 1. The highest BCUT2D eigenvalue weighted by Gasteiger charge is 2.35. The van der Waals surface area contributed by atoms with Gasteiger partial charge >= 0.3 is 0 Å². The fourth-order valence-corrected chi connectivity index (χ4v) is 7.17. The van der Waals surface area contributed by atoms with Gasteiger partial charge in [-0.1, -0.05) is 62.9 Å². The van der Waals surface area contributed by atoms with Gasteiger partial charge in [-0.25, -0.2) is 13.1 Å². The number of nitriles is 1. The molecule has 0 atom stereocenters. The lowest BCUT2D eigenvalue weighted by Gasteiger charge is -2.27. The van der Waals surface area contributed by atoms with Crippen LogP contribution in [0.15, 0.2) is 82.4 Å². The Hall–Kier alpha value is -4.33. The van der Waals surface area contributed by atoms with Crippen LogP contribution in [0, 0.1) is 11.3 Å². The second-order valence-corrected chi connectivity index (χ2v) is 13.1. The smallest absolute Gasteiger partial charge is 0.271 e. The van der Waals surface area contributed by atoms with E-state index in [1.165, 1.54) is 9.21 Å². The molecular formula is C34H37N5O4S. The molecule has 0 N–H and O–H groups in total. The Morgan fingerprint density at radius 3 is 2.30 bits per heavy atom. The number of unbranched alkanes of at least 4 members (excludes halogenated alkanes) is 3. The highest BCUT2D eigenvalue weighted by molar-refractivity contribution is 7.89. The van der Waals surface area contributed by atoms with Gasteiger partial charge in [-0.05, 0) is 62.1 Å². The lowest BCUT2D eigenvalue weighted by atomic mass is 9.93. The number of carbonyl (C=O) groups excluding carboxylic acids is 2. The number of nitrogens with zero attached hydrogens (tertiary/aromatic N) is 5. The Balaban J connectivity index is 1.57. The molecule has 0 bridgehead atoms. The number of piperidine rings is 1. The quantitative estimate of drug-likeness (QED) is 0.160. The molecule has 0 saturated carbocycles. The predicted octanol–water partition coefficient (Wildman–Crippen LogP) is 5.89. The molecule has 0 radical (unpaired) electrons. The first-order valence-corrected chi connectivity index (χ1v) is 16.6. The number of amides is 2. The number of aromatic nitrogens is 2. The molecule has 2 amide bonds. The zero-order valence-corrected chi connectivity index (χ0v) is 26.0. The highest BCUT2D eigenvalue weighted by Crippen LogP contribution is 2.32. The van der Waals surface area contributed by atoms with Crippen LogP contribution in [0.1, 0.15) is 64.4 Å². The van der Waals surface area contributed by atoms with Crippen molar-refractivity contribution in [2.75, 3.05) is 19.6 Å². The summed E-state index contributed by atoms with van der Waals surface area (Å²) in [4.78, 5) is 28.2. The van der Waals surface area contributed by atoms with Crippen LogP contribution >= 0.6 is 0 Å². The van der Waals surface area contributed by atoms with E-state index in [0.29, 0.717) is 41.9 Å². The number of rotatable bonds is 10. The van der Waals surface area contributed by atoms with E-state index in [1.807, 2.05) is 36.4 Å². The van der Waals surface area contributed by atoms with Gasteiger partial charge in [-0.3, -0.25) is 14.5 Å². The van der Waals surface area contributed by atoms with Crippen molar-refractivity contribution in [2.45, 2.75) is 63.7 Å². The van der Waals surface area contributed by atoms with E-state index in [2.05, 4.69) is 6.92 Å². The Labute approximate surface area is 259 Å². The monoisotopic (exact) mass is 611 g/mol. The standard InChI is InChI=1S/C34H37N5O4S/c1-3-4-5-12-21-38-33(40)30(25(2)31(23-35)34(38)41)22-27-24-39(28-13-8-6-9-14-28)36-32(27)26-15-17-29(18-16-26)44(42,43)37-19-10-7-11-20-37/h6,8-9,13-18,22,24H,3-5,7,10-12,19-21H2,1-2H3/b30-22+. The maximum Gasteiger partial charge on any atom is 0.271 e. The lowest BCUT2D eigenvalue weighted by molar-refractivity contribution is -0.140. The summed E-state index contributed by atoms with van der Waals surface area (Å²) in [5.41, 5.74) is 3.14. The van der Waals surface area contributed by atoms with Crippen LogP contribution in [0.5, 0.6) is 0 Å². The molecule has 5 rings (SSSR count). The van der Waals surface area contributed by atoms with E-state index in [0.717, 1.165) is 44.2 Å². The Morgan fingerprint density at radius 2 is 1.64 bits per heavy atom. The number of benzene rings is 2. The second-order valence-electron chi connectivity index (χ2n) is 11.2. The number of carbonyl (C=O) groups is 2. The molecule has 2 aliphatic rings. The van der Waals surface area contributed by atoms with Crippen LogP contribution in [-0.4, -0.2) is 58.9 Å². The molecule has 228 valence electrons. The topological polar surface area (TPSA) is 116 Å². The lowest BCUT2D eigenvalue weighted by Crippen LogP contribution is -2.43. The molecular weight excluding hydrogens is 574 g/mol. The van der Waals surface area contributed by atoms with Crippen LogP contribution in [0.4, 0.5) is 0 Å². The van der Waals surface area contributed by atoms with Gasteiger partial charge in [-0.2, -0.15) is 14.7 Å². The molecule has 2 aliphatic heterocycles. The first kappa shape index (κ1) is 31.1. The zero-order valence-electron chi connectivity index (χ0n) is 25.2. The van der Waals surface area contributed by atoms with Gasteiger partial charge in [-0.15, -0.1) is 0 Å². The van der Waals surface area contributed by atoms with Crippen molar-refractivity contribution in [2.24, 2.45) is 0 Å². The van der Waals surface area contributed by atoms with Crippen LogP contribution in [-0.2, 0) is 19.6 Å². The molecule has 10 heteroatoms. The van der Waals surface area contributed by atoms with Gasteiger partial charge in [0.2, 0.25) is 10.0 Å². The van der Waals surface area contributed by atoms with Gasteiger partial charge in [0.05, 0.1) is 16.3 Å². The van der Waals surface area contributed by atoms with E-state index in [1.54, 1.807) is 48.1 Å². The Kier molecular flexibility index (Phi) is 9.57. The summed E-state index contributed by atoms with van der Waals surface area (Å²) in [6.07, 6.45) is 9.79. The van der Waals surface area contributed by atoms with Crippen molar-refractivity contribution in [3.05, 3.63) is 83.1 Å². The fraction of sp³-hybridized carbons (Fsp3) is 0.353. The third kappa shape index (κ3) is 6.30. The summed E-state index contributed by atoms with van der Waals surface area (Å²) in [6, 6.07) is 18.2. The summed E-state index contributed by atoms with van der Waals surface area (Å²) < 4.78 is 29.7. The molecule has 9 nitrogen and oxygen atoms in total. The maximum atomic E-state index is 13.7. The van der Waals surface area contributed by atoms with E-state index < -0.39 is 21.8 Å². The molecule has 2 aromatic carbocycles. The van der Waals surface area contributed by atoms with E-state index in [9.17, 15) is 23.3 Å². The first-order valence-electron chi connectivity index (χ1n) is 15.2. The van der Waals surface area contributed by atoms with Crippen LogP contribution in [0.25, 0.3) is 23.0 Å². The summed E-state index contributed by atoms with van der Waals surface area (Å²) in [5, 5.41) is 14.7. The molecule has 1 fully saturated rings. The fourth-order valence-electron chi connectivity index (χ4n) is 5.65. The summed E-state index contributed by atoms with van der Waals surface area (Å²) in [5.74, 6) is -1.00. The van der Waals surface area contributed by atoms with Crippen LogP contribution in [0.2, 0.25) is 0 Å². The SMILES string of the molecule is CCCCCCN1C(=O)C(C#N)=C(C)/C(=C\c2cn(-c3ccccc3)nc2-c2ccc(S(=O)(=O)N3CCCCC3)cc2)C1=O. The third-order valence-electron chi connectivity index (χ3n) is 8.20. The van der Waals surface area contributed by atoms with E-state index in [-0.39, 0.29) is 22.6 Å². The number of hydrogen-bond donors (Lipinski definition) is 0. The van der Waals surface area contributed by atoms with Crippen molar-refractivity contribution in [1.29, 1.82) is 5.26 Å².